The first-order valence-electron chi connectivity index (χ1n) is 5.88. The van der Waals surface area contributed by atoms with E-state index in [1.54, 1.807) is 0 Å². The highest BCUT2D eigenvalue weighted by molar-refractivity contribution is 7.86. The number of para-hydroxylation sites is 1. The van der Waals surface area contributed by atoms with E-state index in [2.05, 4.69) is 5.32 Å². The second-order valence-electron chi connectivity index (χ2n) is 4.46. The molecule has 0 saturated heterocycles. The molecular weight excluding hydrogens is 262 g/mol. The Bertz CT molecular complexity index is 725. The van der Waals surface area contributed by atoms with E-state index >= 15 is 0 Å². The van der Waals surface area contributed by atoms with Crippen LogP contribution in [0.3, 0.4) is 0 Å². The molecule has 2 aromatic carbocycles. The van der Waals surface area contributed by atoms with Crippen LogP contribution in [0.4, 0.5) is 5.69 Å². The van der Waals surface area contributed by atoms with Gasteiger partial charge in [-0.1, -0.05) is 42.5 Å². The molecule has 0 saturated carbocycles. The van der Waals surface area contributed by atoms with Crippen LogP contribution >= 0.6 is 0 Å². The van der Waals surface area contributed by atoms with Crippen LogP contribution in [0.15, 0.2) is 48.5 Å². The SMILES string of the molecule is CS(=O)(=O)OC1Nc2ccccc2-c2ccccc21. The van der Waals surface area contributed by atoms with E-state index in [1.807, 2.05) is 48.5 Å². The molecule has 1 aliphatic rings. The van der Waals surface area contributed by atoms with Crippen molar-refractivity contribution in [2.45, 2.75) is 6.23 Å². The average Bonchev–Trinajstić information content (AvgIpc) is 2.37. The minimum atomic E-state index is -3.53. The Morgan fingerprint density at radius 1 is 1.00 bits per heavy atom. The molecule has 19 heavy (non-hydrogen) atoms. The minimum Gasteiger partial charge on any atom is -0.355 e. The van der Waals surface area contributed by atoms with Crippen molar-refractivity contribution in [3.8, 4) is 11.1 Å². The summed E-state index contributed by atoms with van der Waals surface area (Å²) in [7, 11) is -3.53. The van der Waals surface area contributed by atoms with Crippen molar-refractivity contribution in [1.29, 1.82) is 0 Å². The Hall–Kier alpha value is -1.85. The summed E-state index contributed by atoms with van der Waals surface area (Å²) in [5, 5.41) is 3.11. The Labute approximate surface area is 112 Å². The van der Waals surface area contributed by atoms with E-state index in [9.17, 15) is 8.42 Å². The molecule has 0 bridgehead atoms. The predicted molar refractivity (Wildman–Crippen MR) is 74.2 cm³/mol. The largest absolute Gasteiger partial charge is 0.355 e. The highest BCUT2D eigenvalue weighted by Crippen LogP contribution is 2.40. The van der Waals surface area contributed by atoms with Gasteiger partial charge in [-0.25, -0.2) is 4.18 Å². The summed E-state index contributed by atoms with van der Waals surface area (Å²) in [5.74, 6) is 0. The molecule has 0 aromatic heterocycles. The van der Waals surface area contributed by atoms with Crippen molar-refractivity contribution in [3.63, 3.8) is 0 Å². The first kappa shape index (κ1) is 12.2. The van der Waals surface area contributed by atoms with Crippen LogP contribution in [-0.2, 0) is 14.3 Å². The van der Waals surface area contributed by atoms with Gasteiger partial charge in [0.25, 0.3) is 10.1 Å². The van der Waals surface area contributed by atoms with Gasteiger partial charge in [0.1, 0.15) is 0 Å². The number of hydrogen-bond donors (Lipinski definition) is 1. The Morgan fingerprint density at radius 2 is 1.63 bits per heavy atom. The lowest BCUT2D eigenvalue weighted by Gasteiger charge is -2.28. The van der Waals surface area contributed by atoms with Crippen molar-refractivity contribution in [2.24, 2.45) is 0 Å². The Kier molecular flexibility index (Phi) is 2.80. The quantitative estimate of drug-likeness (QED) is 0.856. The normalized spacial score (nSPS) is 17.2. The number of anilines is 1. The number of rotatable bonds is 2. The van der Waals surface area contributed by atoms with E-state index in [1.165, 1.54) is 0 Å². The smallest absolute Gasteiger partial charge is 0.266 e. The molecule has 0 aliphatic carbocycles. The fourth-order valence-electron chi connectivity index (χ4n) is 2.28. The maximum Gasteiger partial charge on any atom is 0.266 e. The zero-order valence-corrected chi connectivity index (χ0v) is 11.1. The van der Waals surface area contributed by atoms with Crippen molar-refractivity contribution in [1.82, 2.24) is 0 Å². The number of nitrogens with one attached hydrogen (secondary N) is 1. The lowest BCUT2D eigenvalue weighted by Crippen LogP contribution is -2.22. The van der Waals surface area contributed by atoms with Crippen LogP contribution in [-0.4, -0.2) is 14.7 Å². The molecule has 2 aromatic rings. The first-order valence-corrected chi connectivity index (χ1v) is 7.69. The third-order valence-corrected chi connectivity index (χ3v) is 3.56. The molecule has 3 rings (SSSR count). The van der Waals surface area contributed by atoms with Crippen LogP contribution in [0, 0.1) is 0 Å². The molecule has 1 N–H and O–H groups in total. The molecule has 0 radical (unpaired) electrons. The van der Waals surface area contributed by atoms with Gasteiger partial charge in [0.15, 0.2) is 6.23 Å². The molecule has 0 fully saturated rings. The lowest BCUT2D eigenvalue weighted by molar-refractivity contribution is 0.244. The third kappa shape index (κ3) is 2.34. The molecule has 0 spiro atoms. The third-order valence-electron chi connectivity index (χ3n) is 3.02. The zero-order chi connectivity index (χ0) is 13.5. The van der Waals surface area contributed by atoms with Gasteiger partial charge >= 0.3 is 0 Å². The van der Waals surface area contributed by atoms with Crippen molar-refractivity contribution >= 4 is 15.8 Å². The second kappa shape index (κ2) is 4.36. The maximum atomic E-state index is 11.4. The van der Waals surface area contributed by atoms with Gasteiger partial charge in [-0.15, -0.1) is 0 Å². The van der Waals surface area contributed by atoms with Crippen molar-refractivity contribution < 1.29 is 12.6 Å². The Balaban J connectivity index is 2.14. The van der Waals surface area contributed by atoms with Crippen molar-refractivity contribution in [2.75, 3.05) is 11.6 Å². The van der Waals surface area contributed by atoms with Gasteiger partial charge in [0.05, 0.1) is 6.26 Å². The Morgan fingerprint density at radius 3 is 2.37 bits per heavy atom. The van der Waals surface area contributed by atoms with Crippen LogP contribution < -0.4 is 5.32 Å². The molecule has 5 heteroatoms. The van der Waals surface area contributed by atoms with E-state index in [0.29, 0.717) is 0 Å². The minimum absolute atomic E-state index is 0.680. The average molecular weight is 275 g/mol. The lowest BCUT2D eigenvalue weighted by atomic mass is 9.94. The summed E-state index contributed by atoms with van der Waals surface area (Å²) in [6.45, 7) is 0. The maximum absolute atomic E-state index is 11.4. The number of hydrogen-bond acceptors (Lipinski definition) is 4. The molecule has 1 aliphatic heterocycles. The first-order chi connectivity index (χ1) is 9.04. The molecule has 1 unspecified atom stereocenters. The van der Waals surface area contributed by atoms with Gasteiger partial charge in [0.2, 0.25) is 0 Å². The van der Waals surface area contributed by atoms with Gasteiger partial charge in [-0.3, -0.25) is 0 Å². The van der Waals surface area contributed by atoms with E-state index < -0.39 is 16.3 Å². The van der Waals surface area contributed by atoms with E-state index in [-0.39, 0.29) is 0 Å². The van der Waals surface area contributed by atoms with Crippen molar-refractivity contribution in [3.05, 3.63) is 54.1 Å². The monoisotopic (exact) mass is 275 g/mol. The molecule has 1 atom stereocenters. The van der Waals surface area contributed by atoms with Crippen LogP contribution in [0.2, 0.25) is 0 Å². The number of fused-ring (bicyclic) bond motifs is 3. The van der Waals surface area contributed by atoms with E-state index in [0.717, 1.165) is 28.6 Å². The fourth-order valence-corrected chi connectivity index (χ4v) is 2.79. The van der Waals surface area contributed by atoms with Gasteiger partial charge in [0, 0.05) is 16.8 Å². The van der Waals surface area contributed by atoms with Gasteiger partial charge in [-0.05, 0) is 11.6 Å². The topological polar surface area (TPSA) is 55.4 Å². The molecular formula is C14H13NO3S. The highest BCUT2D eigenvalue weighted by Gasteiger charge is 2.26. The molecule has 1 heterocycles. The van der Waals surface area contributed by atoms with Gasteiger partial charge < -0.3 is 5.32 Å². The predicted octanol–water partition coefficient (Wildman–Crippen LogP) is 2.75. The summed E-state index contributed by atoms with van der Waals surface area (Å²) in [5.41, 5.74) is 3.73. The molecule has 98 valence electrons. The van der Waals surface area contributed by atoms with Crippen LogP contribution in [0.5, 0.6) is 0 Å². The molecule has 4 nitrogen and oxygen atoms in total. The molecule has 0 amide bonds. The zero-order valence-electron chi connectivity index (χ0n) is 10.3. The number of benzene rings is 2. The summed E-state index contributed by atoms with van der Waals surface area (Å²) < 4.78 is 27.8. The standard InChI is InChI=1S/C14H13NO3S/c1-19(16,17)18-14-12-8-3-2-6-10(12)11-7-4-5-9-13(11)15-14/h2-9,14-15H,1H3. The summed E-state index contributed by atoms with van der Waals surface area (Å²) in [4.78, 5) is 0. The summed E-state index contributed by atoms with van der Waals surface area (Å²) >= 11 is 0. The van der Waals surface area contributed by atoms with Crippen LogP contribution in [0.1, 0.15) is 11.8 Å². The second-order valence-corrected chi connectivity index (χ2v) is 6.06. The van der Waals surface area contributed by atoms with Gasteiger partial charge in [-0.2, -0.15) is 8.42 Å². The van der Waals surface area contributed by atoms with Crippen LogP contribution in [0.25, 0.3) is 11.1 Å². The highest BCUT2D eigenvalue weighted by atomic mass is 32.2. The summed E-state index contributed by atoms with van der Waals surface area (Å²) in [6.07, 6.45) is 0.374. The van der Waals surface area contributed by atoms with E-state index in [4.69, 9.17) is 4.18 Å². The summed E-state index contributed by atoms with van der Waals surface area (Å²) in [6, 6.07) is 15.4. The fraction of sp³-hybridized carbons (Fsp3) is 0.143.